The molecule has 0 fully saturated rings. The van der Waals surface area contributed by atoms with Crippen LogP contribution in [0.25, 0.3) is 0 Å². The summed E-state index contributed by atoms with van der Waals surface area (Å²) in [5, 5.41) is 11.3. The van der Waals surface area contributed by atoms with E-state index in [4.69, 9.17) is 9.84 Å². The number of carboxylic acid groups (broad SMARTS) is 1. The number of likely N-dealkylation sites (N-methyl/N-ethyl adjacent to an activating group) is 1. The minimum absolute atomic E-state index is 0.0691. The molecule has 1 aromatic carbocycles. The van der Waals surface area contributed by atoms with E-state index in [1.807, 2.05) is 13.8 Å². The molecule has 0 aliphatic rings. The molecule has 1 rings (SSSR count). The minimum Gasteiger partial charge on any atom is -0.491 e. The standard InChI is InChI=1S/C14H19NO4/c1-9(2)19-11-6-4-10(5-7-11)12(8-13(16)17)14(18)15-3/h4-7,9,12H,8H2,1-3H3,(H,15,18)(H,16,17). The number of amides is 1. The lowest BCUT2D eigenvalue weighted by Gasteiger charge is -2.15. The number of benzene rings is 1. The molecule has 0 saturated carbocycles. The van der Waals surface area contributed by atoms with Gasteiger partial charge in [-0.25, -0.2) is 0 Å². The summed E-state index contributed by atoms with van der Waals surface area (Å²) in [6, 6.07) is 6.93. The number of hydrogen-bond donors (Lipinski definition) is 2. The third-order valence-corrected chi connectivity index (χ3v) is 2.60. The van der Waals surface area contributed by atoms with Gasteiger partial charge >= 0.3 is 5.97 Å². The molecule has 104 valence electrons. The molecule has 5 heteroatoms. The number of hydrogen-bond acceptors (Lipinski definition) is 3. The first-order valence-electron chi connectivity index (χ1n) is 6.14. The summed E-state index contributed by atoms with van der Waals surface area (Å²) in [7, 11) is 1.49. The molecule has 1 aromatic rings. The van der Waals surface area contributed by atoms with Crippen molar-refractivity contribution in [1.82, 2.24) is 5.32 Å². The molecule has 1 atom stereocenters. The Balaban J connectivity index is 2.90. The van der Waals surface area contributed by atoms with Gasteiger partial charge in [-0.15, -0.1) is 0 Å². The number of aliphatic carboxylic acids is 1. The number of carboxylic acids is 1. The zero-order valence-corrected chi connectivity index (χ0v) is 11.3. The van der Waals surface area contributed by atoms with E-state index in [2.05, 4.69) is 5.32 Å². The van der Waals surface area contributed by atoms with Crippen molar-refractivity contribution in [2.24, 2.45) is 0 Å². The van der Waals surface area contributed by atoms with Crippen molar-refractivity contribution in [2.45, 2.75) is 32.3 Å². The zero-order chi connectivity index (χ0) is 14.4. The molecule has 5 nitrogen and oxygen atoms in total. The van der Waals surface area contributed by atoms with E-state index in [9.17, 15) is 9.59 Å². The van der Waals surface area contributed by atoms with E-state index >= 15 is 0 Å². The van der Waals surface area contributed by atoms with Gasteiger partial charge in [0.1, 0.15) is 5.75 Å². The fourth-order valence-electron chi connectivity index (χ4n) is 1.76. The molecule has 0 aromatic heterocycles. The van der Waals surface area contributed by atoms with Gasteiger partial charge < -0.3 is 15.2 Å². The highest BCUT2D eigenvalue weighted by molar-refractivity contribution is 5.87. The smallest absolute Gasteiger partial charge is 0.304 e. The third kappa shape index (κ3) is 4.62. The first-order chi connectivity index (χ1) is 8.93. The van der Waals surface area contributed by atoms with E-state index in [0.717, 1.165) is 0 Å². The maximum Gasteiger partial charge on any atom is 0.304 e. The van der Waals surface area contributed by atoms with Gasteiger partial charge in [-0.3, -0.25) is 9.59 Å². The molecule has 1 unspecified atom stereocenters. The Morgan fingerprint density at radius 2 is 1.84 bits per heavy atom. The molecular formula is C14H19NO4. The molecule has 0 heterocycles. The van der Waals surface area contributed by atoms with Gasteiger partial charge in [0.15, 0.2) is 0 Å². The summed E-state index contributed by atoms with van der Waals surface area (Å²) in [6.07, 6.45) is -0.163. The average molecular weight is 265 g/mol. The van der Waals surface area contributed by atoms with Crippen LogP contribution >= 0.6 is 0 Å². The predicted molar refractivity (Wildman–Crippen MR) is 71.3 cm³/mol. The highest BCUT2D eigenvalue weighted by Gasteiger charge is 2.22. The number of ether oxygens (including phenoxy) is 1. The fraction of sp³-hybridized carbons (Fsp3) is 0.429. The summed E-state index contributed by atoms with van der Waals surface area (Å²) < 4.78 is 5.50. The molecule has 1 amide bonds. The highest BCUT2D eigenvalue weighted by atomic mass is 16.5. The van der Waals surface area contributed by atoms with E-state index in [0.29, 0.717) is 11.3 Å². The second-order valence-electron chi connectivity index (χ2n) is 4.50. The van der Waals surface area contributed by atoms with Crippen molar-refractivity contribution >= 4 is 11.9 Å². The van der Waals surface area contributed by atoms with Crippen molar-refractivity contribution in [3.05, 3.63) is 29.8 Å². The van der Waals surface area contributed by atoms with Crippen molar-refractivity contribution in [3.8, 4) is 5.75 Å². The number of carbonyl (C=O) groups is 2. The Morgan fingerprint density at radius 1 is 1.26 bits per heavy atom. The summed E-state index contributed by atoms with van der Waals surface area (Å²) >= 11 is 0. The van der Waals surface area contributed by atoms with Crippen LogP contribution < -0.4 is 10.1 Å². The Hall–Kier alpha value is -2.04. The molecular weight excluding hydrogens is 246 g/mol. The average Bonchev–Trinajstić information content (AvgIpc) is 2.35. The Labute approximate surface area is 112 Å². The maximum absolute atomic E-state index is 11.7. The fourth-order valence-corrected chi connectivity index (χ4v) is 1.76. The minimum atomic E-state index is -1.00. The molecule has 0 saturated heterocycles. The lowest BCUT2D eigenvalue weighted by Crippen LogP contribution is -2.27. The maximum atomic E-state index is 11.7. The van der Waals surface area contributed by atoms with Gasteiger partial charge in [-0.1, -0.05) is 12.1 Å². The summed E-state index contributed by atoms with van der Waals surface area (Å²) in [6.45, 7) is 3.84. The van der Waals surface area contributed by atoms with Crippen LogP contribution in [0.4, 0.5) is 0 Å². The van der Waals surface area contributed by atoms with E-state index in [1.54, 1.807) is 24.3 Å². The first kappa shape index (κ1) is 15.0. The zero-order valence-electron chi connectivity index (χ0n) is 11.3. The van der Waals surface area contributed by atoms with E-state index < -0.39 is 11.9 Å². The Bertz CT molecular complexity index is 439. The lowest BCUT2D eigenvalue weighted by molar-refractivity contribution is -0.139. The van der Waals surface area contributed by atoms with Gasteiger partial charge in [0.2, 0.25) is 5.91 Å². The van der Waals surface area contributed by atoms with Gasteiger partial charge in [0.25, 0.3) is 0 Å². The summed E-state index contributed by atoms with van der Waals surface area (Å²) in [5.41, 5.74) is 0.665. The van der Waals surface area contributed by atoms with Crippen LogP contribution in [-0.2, 0) is 9.59 Å². The van der Waals surface area contributed by atoms with Crippen LogP contribution in [0.1, 0.15) is 31.7 Å². The van der Waals surface area contributed by atoms with Crippen molar-refractivity contribution in [3.63, 3.8) is 0 Å². The second-order valence-corrected chi connectivity index (χ2v) is 4.50. The van der Waals surface area contributed by atoms with Gasteiger partial charge in [-0.05, 0) is 31.5 Å². The van der Waals surface area contributed by atoms with Crippen molar-refractivity contribution in [1.29, 1.82) is 0 Å². The van der Waals surface area contributed by atoms with Gasteiger partial charge in [0, 0.05) is 7.05 Å². The summed E-state index contributed by atoms with van der Waals surface area (Å²) in [4.78, 5) is 22.5. The van der Waals surface area contributed by atoms with Crippen LogP contribution in [0.5, 0.6) is 5.75 Å². The molecule has 2 N–H and O–H groups in total. The topological polar surface area (TPSA) is 75.6 Å². The quantitative estimate of drug-likeness (QED) is 0.822. The van der Waals surface area contributed by atoms with Crippen molar-refractivity contribution in [2.75, 3.05) is 7.05 Å². The van der Waals surface area contributed by atoms with Gasteiger partial charge in [0.05, 0.1) is 18.4 Å². The Morgan fingerprint density at radius 3 is 2.26 bits per heavy atom. The van der Waals surface area contributed by atoms with Crippen LogP contribution in [0, 0.1) is 0 Å². The molecule has 0 aliphatic heterocycles. The Kier molecular flexibility index (Phi) is 5.36. The van der Waals surface area contributed by atoms with Crippen LogP contribution in [-0.4, -0.2) is 30.1 Å². The molecule has 0 radical (unpaired) electrons. The monoisotopic (exact) mass is 265 g/mol. The number of rotatable bonds is 6. The van der Waals surface area contributed by atoms with Gasteiger partial charge in [-0.2, -0.15) is 0 Å². The lowest BCUT2D eigenvalue weighted by atomic mass is 9.95. The summed E-state index contributed by atoms with van der Waals surface area (Å²) in [5.74, 6) is -1.30. The van der Waals surface area contributed by atoms with E-state index in [1.165, 1.54) is 7.05 Å². The normalized spacial score (nSPS) is 12.0. The molecule has 0 spiro atoms. The number of nitrogens with one attached hydrogen (secondary N) is 1. The van der Waals surface area contributed by atoms with Crippen molar-refractivity contribution < 1.29 is 19.4 Å². The number of carbonyl (C=O) groups excluding carboxylic acids is 1. The third-order valence-electron chi connectivity index (χ3n) is 2.60. The van der Waals surface area contributed by atoms with Crippen LogP contribution in [0.3, 0.4) is 0 Å². The SMILES string of the molecule is CNC(=O)C(CC(=O)O)c1ccc(OC(C)C)cc1. The van der Waals surface area contributed by atoms with Crippen LogP contribution in [0.2, 0.25) is 0 Å². The molecule has 0 aliphatic carbocycles. The predicted octanol–water partition coefficient (Wildman–Crippen LogP) is 1.78. The second kappa shape index (κ2) is 6.78. The van der Waals surface area contributed by atoms with Crippen LogP contribution in [0.15, 0.2) is 24.3 Å². The molecule has 0 bridgehead atoms. The van der Waals surface area contributed by atoms with E-state index in [-0.39, 0.29) is 18.4 Å². The molecule has 19 heavy (non-hydrogen) atoms. The first-order valence-corrected chi connectivity index (χ1v) is 6.14. The highest BCUT2D eigenvalue weighted by Crippen LogP contribution is 2.23. The largest absolute Gasteiger partial charge is 0.491 e.